The summed E-state index contributed by atoms with van der Waals surface area (Å²) in [5.41, 5.74) is 1.80. The van der Waals surface area contributed by atoms with Crippen molar-refractivity contribution in [3.05, 3.63) is 29.3 Å². The first-order chi connectivity index (χ1) is 11.9. The molecule has 0 aromatic heterocycles. The molecule has 25 heavy (non-hydrogen) atoms. The summed E-state index contributed by atoms with van der Waals surface area (Å²) < 4.78 is 5.43. The summed E-state index contributed by atoms with van der Waals surface area (Å²) in [7, 11) is 3.52. The summed E-state index contributed by atoms with van der Waals surface area (Å²) in [6.45, 7) is 5.07. The predicted octanol–water partition coefficient (Wildman–Crippen LogP) is 2.50. The molecule has 1 aromatic carbocycles. The summed E-state index contributed by atoms with van der Waals surface area (Å²) in [6, 6.07) is 6.38. The summed E-state index contributed by atoms with van der Waals surface area (Å²) in [6.07, 6.45) is 3.53. The number of benzene rings is 1. The summed E-state index contributed by atoms with van der Waals surface area (Å²) >= 11 is 0. The van der Waals surface area contributed by atoms with Crippen molar-refractivity contribution in [1.82, 2.24) is 9.80 Å². The van der Waals surface area contributed by atoms with Gasteiger partial charge in [0.05, 0.1) is 12.5 Å². The molecule has 1 heterocycles. The molecule has 1 saturated carbocycles. The highest BCUT2D eigenvalue weighted by Gasteiger charge is 2.53. The smallest absolute Gasteiger partial charge is 0.233 e. The van der Waals surface area contributed by atoms with Crippen LogP contribution in [-0.4, -0.2) is 54.9 Å². The van der Waals surface area contributed by atoms with Gasteiger partial charge in [0, 0.05) is 33.1 Å². The summed E-state index contributed by atoms with van der Waals surface area (Å²) in [5.74, 6) is 1.18. The van der Waals surface area contributed by atoms with Crippen molar-refractivity contribution < 1.29 is 14.3 Å². The highest BCUT2D eigenvalue weighted by atomic mass is 16.5. The van der Waals surface area contributed by atoms with Gasteiger partial charge in [-0.2, -0.15) is 0 Å². The molecule has 0 unspecified atom stereocenters. The van der Waals surface area contributed by atoms with E-state index in [1.807, 2.05) is 31.0 Å². The molecular weight excluding hydrogens is 316 g/mol. The minimum Gasteiger partial charge on any atom is -0.496 e. The van der Waals surface area contributed by atoms with Crippen molar-refractivity contribution in [1.29, 1.82) is 0 Å². The van der Waals surface area contributed by atoms with Crippen molar-refractivity contribution in [2.24, 2.45) is 0 Å². The SMILES string of the molecule is COc1cc(C2(C(=O)N3CCC(N(C)C(C)=O)CC3)CC2)ccc1C. The number of likely N-dealkylation sites (tertiary alicyclic amines) is 1. The van der Waals surface area contributed by atoms with E-state index in [0.717, 1.165) is 55.6 Å². The molecule has 3 rings (SSSR count). The number of methoxy groups -OCH3 is 1. The minimum absolute atomic E-state index is 0.0928. The van der Waals surface area contributed by atoms with E-state index >= 15 is 0 Å². The highest BCUT2D eigenvalue weighted by Crippen LogP contribution is 2.50. The fourth-order valence-electron chi connectivity index (χ4n) is 3.88. The first kappa shape index (κ1) is 17.8. The lowest BCUT2D eigenvalue weighted by Gasteiger charge is -2.38. The van der Waals surface area contributed by atoms with Crippen molar-refractivity contribution in [2.75, 3.05) is 27.2 Å². The molecule has 2 amide bonds. The number of ether oxygens (including phenoxy) is 1. The molecule has 1 saturated heterocycles. The maximum absolute atomic E-state index is 13.2. The van der Waals surface area contributed by atoms with Gasteiger partial charge in [0.2, 0.25) is 11.8 Å². The number of aryl methyl sites for hydroxylation is 1. The molecule has 2 aliphatic rings. The number of carbonyl (C=O) groups is 2. The Bertz CT molecular complexity index is 674. The van der Waals surface area contributed by atoms with Gasteiger partial charge in [0.25, 0.3) is 0 Å². The predicted molar refractivity (Wildman–Crippen MR) is 96.7 cm³/mol. The van der Waals surface area contributed by atoms with Crippen LogP contribution in [0.4, 0.5) is 0 Å². The Morgan fingerprint density at radius 1 is 1.24 bits per heavy atom. The first-order valence-corrected chi connectivity index (χ1v) is 9.07. The van der Waals surface area contributed by atoms with Gasteiger partial charge in [-0.3, -0.25) is 9.59 Å². The lowest BCUT2D eigenvalue weighted by atomic mass is 9.91. The normalized spacial score (nSPS) is 19.4. The molecule has 136 valence electrons. The fraction of sp³-hybridized carbons (Fsp3) is 0.600. The molecule has 0 radical (unpaired) electrons. The van der Waals surface area contributed by atoms with Gasteiger partial charge in [-0.05, 0) is 49.8 Å². The van der Waals surface area contributed by atoms with Crippen molar-refractivity contribution >= 4 is 11.8 Å². The van der Waals surface area contributed by atoms with Crippen LogP contribution in [-0.2, 0) is 15.0 Å². The van der Waals surface area contributed by atoms with Gasteiger partial charge < -0.3 is 14.5 Å². The lowest BCUT2D eigenvalue weighted by Crippen LogP contribution is -2.49. The Hall–Kier alpha value is -2.04. The molecule has 0 atom stereocenters. The summed E-state index contributed by atoms with van der Waals surface area (Å²) in [5, 5.41) is 0. The number of hydrogen-bond acceptors (Lipinski definition) is 3. The monoisotopic (exact) mass is 344 g/mol. The van der Waals surface area contributed by atoms with Crippen molar-refractivity contribution in [2.45, 2.75) is 51.0 Å². The second kappa shape index (κ2) is 6.70. The van der Waals surface area contributed by atoms with Crippen LogP contribution >= 0.6 is 0 Å². The minimum atomic E-state index is -0.361. The van der Waals surface area contributed by atoms with Crippen LogP contribution in [0.15, 0.2) is 18.2 Å². The molecule has 5 heteroatoms. The zero-order valence-electron chi connectivity index (χ0n) is 15.7. The molecule has 0 N–H and O–H groups in total. The quantitative estimate of drug-likeness (QED) is 0.843. The molecule has 1 aliphatic heterocycles. The van der Waals surface area contributed by atoms with E-state index < -0.39 is 0 Å². The highest BCUT2D eigenvalue weighted by molar-refractivity contribution is 5.91. The Labute approximate surface area is 149 Å². The van der Waals surface area contributed by atoms with Crippen LogP contribution in [0.1, 0.15) is 43.7 Å². The summed E-state index contributed by atoms with van der Waals surface area (Å²) in [4.78, 5) is 28.5. The average Bonchev–Trinajstić information content (AvgIpc) is 3.42. The number of hydrogen-bond donors (Lipinski definition) is 0. The van der Waals surface area contributed by atoms with E-state index in [0.29, 0.717) is 0 Å². The van der Waals surface area contributed by atoms with E-state index in [4.69, 9.17) is 4.74 Å². The zero-order chi connectivity index (χ0) is 18.2. The average molecular weight is 344 g/mol. The van der Waals surface area contributed by atoms with Gasteiger partial charge in [0.15, 0.2) is 0 Å². The van der Waals surface area contributed by atoms with Crippen LogP contribution in [0.5, 0.6) is 5.75 Å². The van der Waals surface area contributed by atoms with Crippen molar-refractivity contribution in [3.63, 3.8) is 0 Å². The third-order valence-electron chi connectivity index (χ3n) is 5.92. The Morgan fingerprint density at radius 3 is 2.40 bits per heavy atom. The van der Waals surface area contributed by atoms with Crippen LogP contribution in [0.2, 0.25) is 0 Å². The number of nitrogens with zero attached hydrogens (tertiary/aromatic N) is 2. The second-order valence-corrected chi connectivity index (χ2v) is 7.42. The maximum Gasteiger partial charge on any atom is 0.233 e. The third-order valence-corrected chi connectivity index (χ3v) is 5.92. The molecule has 1 aliphatic carbocycles. The number of rotatable bonds is 4. The number of amides is 2. The molecule has 1 aromatic rings. The topological polar surface area (TPSA) is 49.9 Å². The Balaban J connectivity index is 1.70. The molecule has 0 bridgehead atoms. The molecule has 0 spiro atoms. The molecule has 5 nitrogen and oxygen atoms in total. The van der Waals surface area contributed by atoms with Crippen LogP contribution in [0, 0.1) is 6.92 Å². The van der Waals surface area contributed by atoms with Gasteiger partial charge in [-0.25, -0.2) is 0 Å². The maximum atomic E-state index is 13.2. The first-order valence-electron chi connectivity index (χ1n) is 9.07. The van der Waals surface area contributed by atoms with E-state index in [1.54, 1.807) is 18.9 Å². The largest absolute Gasteiger partial charge is 0.496 e. The van der Waals surface area contributed by atoms with Crippen molar-refractivity contribution in [3.8, 4) is 5.75 Å². The third kappa shape index (κ3) is 3.24. The fourth-order valence-corrected chi connectivity index (χ4v) is 3.88. The standard InChI is InChI=1S/C20H28N2O3/c1-14-5-6-16(13-18(14)25-4)20(9-10-20)19(24)22-11-7-17(8-12-22)21(3)15(2)23/h5-6,13,17H,7-12H2,1-4H3. The van der Waals surface area contributed by atoms with E-state index in [-0.39, 0.29) is 23.3 Å². The van der Waals surface area contributed by atoms with Gasteiger partial charge in [-0.1, -0.05) is 12.1 Å². The van der Waals surface area contributed by atoms with Crippen LogP contribution < -0.4 is 4.74 Å². The van der Waals surface area contributed by atoms with E-state index in [9.17, 15) is 9.59 Å². The number of carbonyl (C=O) groups excluding carboxylic acids is 2. The van der Waals surface area contributed by atoms with Crippen LogP contribution in [0.25, 0.3) is 0 Å². The second-order valence-electron chi connectivity index (χ2n) is 7.42. The molecular formula is C20H28N2O3. The zero-order valence-corrected chi connectivity index (χ0v) is 15.7. The van der Waals surface area contributed by atoms with E-state index in [2.05, 4.69) is 6.07 Å². The van der Waals surface area contributed by atoms with E-state index in [1.165, 1.54) is 0 Å². The van der Waals surface area contributed by atoms with Gasteiger partial charge in [0.1, 0.15) is 5.75 Å². The Morgan fingerprint density at radius 2 is 1.88 bits per heavy atom. The number of piperidine rings is 1. The lowest BCUT2D eigenvalue weighted by molar-refractivity contribution is -0.136. The Kier molecular flexibility index (Phi) is 4.76. The van der Waals surface area contributed by atoms with Gasteiger partial charge >= 0.3 is 0 Å². The van der Waals surface area contributed by atoms with Gasteiger partial charge in [-0.15, -0.1) is 0 Å². The molecule has 2 fully saturated rings. The van der Waals surface area contributed by atoms with Crippen LogP contribution in [0.3, 0.4) is 0 Å².